The van der Waals surface area contributed by atoms with E-state index in [0.29, 0.717) is 0 Å². The second-order valence-electron chi connectivity index (χ2n) is 1.98. The smallest absolute Gasteiger partial charge is 0.303 e. The van der Waals surface area contributed by atoms with Crippen LogP contribution in [0.15, 0.2) is 0 Å². The molecule has 0 aliphatic heterocycles. The van der Waals surface area contributed by atoms with Crippen molar-refractivity contribution in [1.82, 2.24) is 0 Å². The van der Waals surface area contributed by atoms with Crippen molar-refractivity contribution in [3.05, 3.63) is 0 Å². The summed E-state index contributed by atoms with van der Waals surface area (Å²) in [6, 6.07) is 2.91. The minimum absolute atomic E-state index is 1.06. The Morgan fingerprint density at radius 2 is 1.73 bits per heavy atom. The van der Waals surface area contributed by atoms with Gasteiger partial charge >= 0.3 is 7.82 Å². The van der Waals surface area contributed by atoms with Crippen LogP contribution >= 0.6 is 42.6 Å². The molecule has 0 aromatic heterocycles. The van der Waals surface area contributed by atoms with Crippen LogP contribution in [0.4, 0.5) is 0 Å². The van der Waals surface area contributed by atoms with Gasteiger partial charge in [-0.2, -0.15) is 10.5 Å². The fraction of sp³-hybridized carbons (Fsp3) is 0.600. The van der Waals surface area contributed by atoms with Gasteiger partial charge in [-0.3, -0.25) is 4.52 Å². The molecule has 0 spiro atoms. The lowest BCUT2D eigenvalue weighted by molar-refractivity contribution is 0.175. The fourth-order valence-electron chi connectivity index (χ4n) is 0.230. The molecule has 1 unspecified atom stereocenters. The van der Waals surface area contributed by atoms with Crippen LogP contribution in [-0.2, 0) is 9.09 Å². The molecular formula is C5H6Cl3N2O4P. The van der Waals surface area contributed by atoms with Crippen molar-refractivity contribution in [3.8, 4) is 12.1 Å². The van der Waals surface area contributed by atoms with Gasteiger partial charge in [-0.1, -0.05) is 34.8 Å². The SMILES string of the molecule is CC(C#N)OP(=O)(O)O.N#CC(Cl)(Cl)Cl. The Morgan fingerprint density at radius 1 is 1.40 bits per heavy atom. The molecule has 0 saturated heterocycles. The first-order chi connectivity index (χ1) is 6.52. The first-order valence-corrected chi connectivity index (χ1v) is 5.80. The maximum absolute atomic E-state index is 9.92. The predicted molar refractivity (Wildman–Crippen MR) is 54.1 cm³/mol. The van der Waals surface area contributed by atoms with Gasteiger partial charge in [0.05, 0.1) is 6.07 Å². The largest absolute Gasteiger partial charge is 0.470 e. The molecule has 0 heterocycles. The molecule has 15 heavy (non-hydrogen) atoms. The van der Waals surface area contributed by atoms with E-state index < -0.39 is 17.7 Å². The summed E-state index contributed by atoms with van der Waals surface area (Å²) in [6.07, 6.45) is -1.06. The molecule has 0 fully saturated rings. The lowest BCUT2D eigenvalue weighted by Gasteiger charge is -2.04. The average molecular weight is 295 g/mol. The van der Waals surface area contributed by atoms with Crippen molar-refractivity contribution in [1.29, 1.82) is 10.5 Å². The first kappa shape index (κ1) is 17.4. The lowest BCUT2D eigenvalue weighted by atomic mass is 10.5. The number of phosphoric acid groups is 1. The Bertz CT molecular complexity index is 312. The molecule has 0 aromatic carbocycles. The fourth-order valence-corrected chi connectivity index (χ4v) is 0.689. The molecule has 0 rings (SSSR count). The third kappa shape index (κ3) is 20.1. The van der Waals surface area contributed by atoms with E-state index >= 15 is 0 Å². The van der Waals surface area contributed by atoms with Gasteiger partial charge in [0.15, 0.2) is 6.10 Å². The van der Waals surface area contributed by atoms with Gasteiger partial charge in [0, 0.05) is 0 Å². The summed E-state index contributed by atoms with van der Waals surface area (Å²) in [5.41, 5.74) is 0. The summed E-state index contributed by atoms with van der Waals surface area (Å²) < 4.78 is 12.1. The molecular weight excluding hydrogens is 289 g/mol. The van der Waals surface area contributed by atoms with Crippen molar-refractivity contribution in [2.24, 2.45) is 0 Å². The number of phosphoric ester groups is 1. The van der Waals surface area contributed by atoms with Crippen molar-refractivity contribution in [3.63, 3.8) is 0 Å². The van der Waals surface area contributed by atoms with E-state index in [-0.39, 0.29) is 0 Å². The maximum Gasteiger partial charge on any atom is 0.470 e. The third-order valence-corrected chi connectivity index (χ3v) is 1.45. The molecule has 0 amide bonds. The van der Waals surface area contributed by atoms with Crippen LogP contribution < -0.4 is 0 Å². The van der Waals surface area contributed by atoms with Crippen LogP contribution in [0.1, 0.15) is 6.92 Å². The van der Waals surface area contributed by atoms with Crippen LogP contribution in [0.3, 0.4) is 0 Å². The number of alkyl halides is 3. The number of halogens is 3. The highest BCUT2D eigenvalue weighted by Crippen LogP contribution is 2.37. The van der Waals surface area contributed by atoms with E-state index in [1.54, 1.807) is 0 Å². The third-order valence-electron chi connectivity index (χ3n) is 0.604. The van der Waals surface area contributed by atoms with E-state index in [4.69, 9.17) is 55.1 Å². The molecule has 0 saturated carbocycles. The maximum atomic E-state index is 9.92. The van der Waals surface area contributed by atoms with Crippen LogP contribution in [0.25, 0.3) is 0 Å². The summed E-state index contributed by atoms with van der Waals surface area (Å²) in [5, 5.41) is 15.7. The molecule has 2 N–H and O–H groups in total. The van der Waals surface area contributed by atoms with Gasteiger partial charge < -0.3 is 9.79 Å². The molecule has 0 bridgehead atoms. The topological polar surface area (TPSA) is 114 Å². The quantitative estimate of drug-likeness (QED) is 0.594. The summed E-state index contributed by atoms with van der Waals surface area (Å²) in [6.45, 7) is 1.25. The zero-order chi connectivity index (χ0) is 12.7. The van der Waals surface area contributed by atoms with Crippen molar-refractivity contribution in [2.75, 3.05) is 0 Å². The summed E-state index contributed by atoms with van der Waals surface area (Å²) >= 11 is 14.7. The van der Waals surface area contributed by atoms with Gasteiger partial charge in [0.25, 0.3) is 3.79 Å². The number of hydrogen-bond acceptors (Lipinski definition) is 4. The van der Waals surface area contributed by atoms with Crippen LogP contribution in [-0.4, -0.2) is 19.7 Å². The predicted octanol–water partition coefficient (Wildman–Crippen LogP) is 1.89. The van der Waals surface area contributed by atoms with Gasteiger partial charge in [0.2, 0.25) is 0 Å². The number of rotatable bonds is 2. The number of nitrogens with zero attached hydrogens (tertiary/aromatic N) is 2. The Morgan fingerprint density at radius 3 is 1.80 bits per heavy atom. The highest BCUT2D eigenvalue weighted by Gasteiger charge is 2.17. The summed E-state index contributed by atoms with van der Waals surface area (Å²) in [7, 11) is -4.46. The van der Waals surface area contributed by atoms with Gasteiger partial charge in [0.1, 0.15) is 6.07 Å². The second-order valence-corrected chi connectivity index (χ2v) is 5.45. The summed E-state index contributed by atoms with van der Waals surface area (Å²) in [4.78, 5) is 16.1. The second kappa shape index (κ2) is 7.27. The van der Waals surface area contributed by atoms with E-state index in [9.17, 15) is 4.57 Å². The molecule has 0 radical (unpaired) electrons. The van der Waals surface area contributed by atoms with E-state index in [1.165, 1.54) is 19.1 Å². The lowest BCUT2D eigenvalue weighted by Crippen LogP contribution is -2.01. The molecule has 10 heteroatoms. The zero-order valence-electron chi connectivity index (χ0n) is 7.26. The van der Waals surface area contributed by atoms with Crippen LogP contribution in [0.5, 0.6) is 0 Å². The Labute approximate surface area is 101 Å². The van der Waals surface area contributed by atoms with E-state index in [2.05, 4.69) is 4.52 Å². The molecule has 0 aliphatic rings. The van der Waals surface area contributed by atoms with Gasteiger partial charge in [-0.15, -0.1) is 0 Å². The normalized spacial score (nSPS) is 12.8. The Balaban J connectivity index is 0. The van der Waals surface area contributed by atoms with E-state index in [1.807, 2.05) is 0 Å². The van der Waals surface area contributed by atoms with Crippen LogP contribution in [0.2, 0.25) is 0 Å². The van der Waals surface area contributed by atoms with E-state index in [0.717, 1.165) is 0 Å². The zero-order valence-corrected chi connectivity index (χ0v) is 10.4. The summed E-state index contributed by atoms with van der Waals surface area (Å²) in [5.74, 6) is 0. The average Bonchev–Trinajstić information content (AvgIpc) is 2.01. The highest BCUT2D eigenvalue weighted by molar-refractivity contribution is 7.46. The monoisotopic (exact) mass is 294 g/mol. The minimum Gasteiger partial charge on any atom is -0.303 e. The number of hydrogen-bond donors (Lipinski definition) is 2. The Kier molecular flexibility index (Phi) is 8.41. The molecule has 86 valence electrons. The first-order valence-electron chi connectivity index (χ1n) is 3.13. The minimum atomic E-state index is -4.46. The molecule has 0 aromatic rings. The van der Waals surface area contributed by atoms with Crippen molar-refractivity contribution in [2.45, 2.75) is 16.8 Å². The highest BCUT2D eigenvalue weighted by atomic mass is 35.6. The van der Waals surface area contributed by atoms with Crippen molar-refractivity contribution < 1.29 is 18.9 Å². The standard InChI is InChI=1S/C3H6NO4P.C2Cl3N/c1-3(2-4)8-9(5,6)7;3-2(4,5)1-6/h3H,1H3,(H2,5,6,7);. The van der Waals surface area contributed by atoms with Gasteiger partial charge in [-0.25, -0.2) is 4.57 Å². The van der Waals surface area contributed by atoms with Gasteiger partial charge in [-0.05, 0) is 6.92 Å². The molecule has 1 atom stereocenters. The van der Waals surface area contributed by atoms with Crippen molar-refractivity contribution >= 4 is 42.6 Å². The number of nitriles is 2. The molecule has 0 aliphatic carbocycles. The Hall–Kier alpha value is -0.0400. The van der Waals surface area contributed by atoms with Crippen LogP contribution in [0, 0.1) is 22.7 Å². The molecule has 6 nitrogen and oxygen atoms in total.